The molecule has 0 saturated heterocycles. The summed E-state index contributed by atoms with van der Waals surface area (Å²) in [6.45, 7) is 6.57. The highest BCUT2D eigenvalue weighted by Crippen LogP contribution is 2.18. The van der Waals surface area contributed by atoms with Crippen LogP contribution in [0.15, 0.2) is 48.6 Å². The molecule has 0 amide bonds. The summed E-state index contributed by atoms with van der Waals surface area (Å²) < 4.78 is 16.9. The first-order valence-electron chi connectivity index (χ1n) is 32.1. The Morgan fingerprint density at radius 3 is 0.836 bits per heavy atom. The molecule has 73 heavy (non-hydrogen) atoms. The molecule has 0 fully saturated rings. The molecule has 0 aromatic rings. The first kappa shape index (κ1) is 70.4. The van der Waals surface area contributed by atoms with Crippen molar-refractivity contribution in [3.8, 4) is 0 Å². The molecule has 6 heteroatoms. The van der Waals surface area contributed by atoms with E-state index in [1.807, 2.05) is 0 Å². The molecule has 0 rings (SSSR count). The highest BCUT2D eigenvalue weighted by Gasteiger charge is 2.19. The average Bonchev–Trinajstić information content (AvgIpc) is 3.39. The van der Waals surface area contributed by atoms with E-state index < -0.39 is 6.10 Å². The van der Waals surface area contributed by atoms with E-state index in [0.717, 1.165) is 96.3 Å². The van der Waals surface area contributed by atoms with E-state index in [2.05, 4.69) is 69.4 Å². The van der Waals surface area contributed by atoms with Crippen molar-refractivity contribution in [2.24, 2.45) is 0 Å². The molecule has 426 valence electrons. The van der Waals surface area contributed by atoms with Gasteiger partial charge in [0, 0.05) is 19.3 Å². The molecule has 0 aliphatic rings. The van der Waals surface area contributed by atoms with Crippen molar-refractivity contribution in [2.45, 2.75) is 348 Å². The molecule has 0 aliphatic carbocycles. The van der Waals surface area contributed by atoms with E-state index in [1.165, 1.54) is 205 Å². The second-order valence-corrected chi connectivity index (χ2v) is 21.7. The summed E-state index contributed by atoms with van der Waals surface area (Å²) in [6, 6.07) is 0. The van der Waals surface area contributed by atoms with Gasteiger partial charge in [-0.15, -0.1) is 0 Å². The van der Waals surface area contributed by atoms with Gasteiger partial charge in [0.05, 0.1) is 0 Å². The molecule has 0 unspecified atom stereocenters. The fourth-order valence-electron chi connectivity index (χ4n) is 9.56. The Balaban J connectivity index is 4.34. The van der Waals surface area contributed by atoms with Gasteiger partial charge in [0.15, 0.2) is 6.10 Å². The largest absolute Gasteiger partial charge is 0.462 e. The number of carbonyl (C=O) groups is 3. The van der Waals surface area contributed by atoms with Crippen molar-refractivity contribution in [1.29, 1.82) is 0 Å². The van der Waals surface area contributed by atoms with Gasteiger partial charge < -0.3 is 14.2 Å². The van der Waals surface area contributed by atoms with E-state index in [0.29, 0.717) is 19.3 Å². The van der Waals surface area contributed by atoms with E-state index >= 15 is 0 Å². The maximum Gasteiger partial charge on any atom is 0.306 e. The zero-order valence-corrected chi connectivity index (χ0v) is 48.9. The summed E-state index contributed by atoms with van der Waals surface area (Å²) in [5.74, 6) is -0.877. The van der Waals surface area contributed by atoms with Gasteiger partial charge in [0.2, 0.25) is 0 Å². The van der Waals surface area contributed by atoms with Gasteiger partial charge in [-0.25, -0.2) is 0 Å². The van der Waals surface area contributed by atoms with Crippen LogP contribution < -0.4 is 0 Å². The van der Waals surface area contributed by atoms with Gasteiger partial charge in [-0.1, -0.05) is 313 Å². The second-order valence-electron chi connectivity index (χ2n) is 21.7. The fraction of sp³-hybridized carbons (Fsp3) is 0.836. The Morgan fingerprint density at radius 2 is 0.534 bits per heavy atom. The van der Waals surface area contributed by atoms with Gasteiger partial charge in [-0.05, 0) is 57.8 Å². The van der Waals surface area contributed by atoms with Crippen LogP contribution in [-0.4, -0.2) is 37.2 Å². The molecule has 0 N–H and O–H groups in total. The normalized spacial score (nSPS) is 12.3. The number of esters is 3. The number of carbonyl (C=O) groups excluding carboxylic acids is 3. The van der Waals surface area contributed by atoms with Crippen molar-refractivity contribution in [3.05, 3.63) is 48.6 Å². The van der Waals surface area contributed by atoms with Crippen molar-refractivity contribution in [3.63, 3.8) is 0 Å². The first-order chi connectivity index (χ1) is 36.0. The lowest BCUT2D eigenvalue weighted by Crippen LogP contribution is -2.30. The van der Waals surface area contributed by atoms with Crippen molar-refractivity contribution in [2.75, 3.05) is 13.2 Å². The summed E-state index contributed by atoms with van der Waals surface area (Å²) in [7, 11) is 0. The van der Waals surface area contributed by atoms with Crippen LogP contribution in [-0.2, 0) is 28.6 Å². The maximum atomic E-state index is 12.9. The molecule has 0 spiro atoms. The van der Waals surface area contributed by atoms with Gasteiger partial charge in [-0.2, -0.15) is 0 Å². The number of ether oxygens (including phenoxy) is 3. The molecule has 0 aromatic heterocycles. The third-order valence-electron chi connectivity index (χ3n) is 14.3. The number of unbranched alkanes of at least 4 members (excludes halogenated alkanes) is 40. The van der Waals surface area contributed by atoms with Crippen LogP contribution >= 0.6 is 0 Å². The summed E-state index contributed by atoms with van der Waals surface area (Å²) in [5, 5.41) is 0. The lowest BCUT2D eigenvalue weighted by atomic mass is 10.0. The molecule has 1 atom stereocenters. The molecule has 6 nitrogen and oxygen atoms in total. The predicted octanol–water partition coefficient (Wildman–Crippen LogP) is 21.8. The summed E-state index contributed by atoms with van der Waals surface area (Å²) >= 11 is 0. The molecule has 0 bridgehead atoms. The van der Waals surface area contributed by atoms with Crippen molar-refractivity contribution >= 4 is 17.9 Å². The molecule has 0 saturated carbocycles. The maximum absolute atomic E-state index is 12.9. The van der Waals surface area contributed by atoms with Gasteiger partial charge in [-0.3, -0.25) is 14.4 Å². The number of hydrogen-bond acceptors (Lipinski definition) is 6. The van der Waals surface area contributed by atoms with E-state index in [-0.39, 0.29) is 31.1 Å². The Morgan fingerprint density at radius 1 is 0.288 bits per heavy atom. The van der Waals surface area contributed by atoms with Crippen LogP contribution in [0.2, 0.25) is 0 Å². The molecular weight excluding hydrogens is 901 g/mol. The zero-order chi connectivity index (χ0) is 52.9. The average molecular weight is 1020 g/mol. The predicted molar refractivity (Wildman–Crippen MR) is 316 cm³/mol. The standard InChI is InChI=1S/C67H122O6/c1-4-7-10-13-16-19-22-25-28-31-32-33-34-37-39-42-45-48-51-54-57-60-66(69)72-63-64(73-67(70)61-58-55-52-49-46-43-40-36-30-27-24-21-18-15-12-9-6-3)62-71-65(68)59-56-53-50-47-44-41-38-35-29-26-23-20-17-14-11-8-5-2/h8,11,17,20,26,29,38,41,64H,4-7,9-10,12-16,18-19,21-25,27-28,30-37,39-40,42-63H2,1-3H3/b11-8-,20-17-,29-26-,41-38-/t64-/m1/s1. The SMILES string of the molecule is CC/C=C\C/C=C\C/C=C\C/C=C\CCCCCCC(=O)OC[C@H](COC(=O)CCCCCCCCCCCCCCCCCCCCCCC)OC(=O)CCCCCCCCCCCCCCCCCCC. The molecular formula is C67H122O6. The van der Waals surface area contributed by atoms with Crippen LogP contribution in [0.5, 0.6) is 0 Å². The molecule has 0 heterocycles. The van der Waals surface area contributed by atoms with Crippen LogP contribution in [0.4, 0.5) is 0 Å². The summed E-state index contributed by atoms with van der Waals surface area (Å²) in [4.78, 5) is 38.3. The van der Waals surface area contributed by atoms with E-state index in [9.17, 15) is 14.4 Å². The topological polar surface area (TPSA) is 78.9 Å². The molecule has 0 radical (unpaired) electrons. The smallest absolute Gasteiger partial charge is 0.306 e. The molecule has 0 aliphatic heterocycles. The molecule has 0 aromatic carbocycles. The Hall–Kier alpha value is -2.63. The third kappa shape index (κ3) is 60.1. The van der Waals surface area contributed by atoms with Crippen LogP contribution in [0.25, 0.3) is 0 Å². The van der Waals surface area contributed by atoms with Gasteiger partial charge in [0.1, 0.15) is 13.2 Å². The second kappa shape index (κ2) is 61.9. The van der Waals surface area contributed by atoms with Crippen molar-refractivity contribution in [1.82, 2.24) is 0 Å². The minimum Gasteiger partial charge on any atom is -0.462 e. The first-order valence-corrected chi connectivity index (χ1v) is 32.1. The quantitative estimate of drug-likeness (QED) is 0.0261. The highest BCUT2D eigenvalue weighted by molar-refractivity contribution is 5.71. The monoisotopic (exact) mass is 1020 g/mol. The lowest BCUT2D eigenvalue weighted by Gasteiger charge is -2.18. The third-order valence-corrected chi connectivity index (χ3v) is 14.3. The zero-order valence-electron chi connectivity index (χ0n) is 48.9. The Bertz CT molecular complexity index is 1270. The van der Waals surface area contributed by atoms with Crippen LogP contribution in [0.3, 0.4) is 0 Å². The van der Waals surface area contributed by atoms with E-state index in [4.69, 9.17) is 14.2 Å². The lowest BCUT2D eigenvalue weighted by molar-refractivity contribution is -0.167. The van der Waals surface area contributed by atoms with Gasteiger partial charge in [0.25, 0.3) is 0 Å². The minimum atomic E-state index is -0.781. The minimum absolute atomic E-state index is 0.0759. The Labute approximate surface area is 454 Å². The van der Waals surface area contributed by atoms with Gasteiger partial charge >= 0.3 is 17.9 Å². The highest BCUT2D eigenvalue weighted by atomic mass is 16.6. The van der Waals surface area contributed by atoms with Crippen molar-refractivity contribution < 1.29 is 28.6 Å². The van der Waals surface area contributed by atoms with Crippen LogP contribution in [0.1, 0.15) is 342 Å². The number of allylic oxidation sites excluding steroid dienone is 8. The fourth-order valence-corrected chi connectivity index (χ4v) is 9.56. The summed E-state index contributed by atoms with van der Waals surface area (Å²) in [6.07, 6.45) is 76.9. The van der Waals surface area contributed by atoms with E-state index in [1.54, 1.807) is 0 Å². The summed E-state index contributed by atoms with van der Waals surface area (Å²) in [5.41, 5.74) is 0. The van der Waals surface area contributed by atoms with Crippen LogP contribution in [0, 0.1) is 0 Å². The number of hydrogen-bond donors (Lipinski definition) is 0. The number of rotatable bonds is 59. The Kier molecular flexibility index (Phi) is 59.7.